The fourth-order valence-corrected chi connectivity index (χ4v) is 11.1. The van der Waals surface area contributed by atoms with Crippen molar-refractivity contribution >= 4 is 34.9 Å². The van der Waals surface area contributed by atoms with Gasteiger partial charge < -0.3 is 38.9 Å². The number of fused-ring (bicyclic) bond motifs is 1. The minimum absolute atomic E-state index is 0.151. The third-order valence-corrected chi connectivity index (χ3v) is 14.5. The maximum atomic E-state index is 14.7. The van der Waals surface area contributed by atoms with Crippen LogP contribution in [0.4, 0.5) is 4.79 Å². The van der Waals surface area contributed by atoms with Gasteiger partial charge in [0.1, 0.15) is 29.2 Å². The lowest BCUT2D eigenvalue weighted by atomic mass is 9.73. The topological polar surface area (TPSA) is 166 Å². The minimum Gasteiger partial charge on any atom is -0.623 e. The Morgan fingerprint density at radius 3 is 2.43 bits per heavy atom. The van der Waals surface area contributed by atoms with Gasteiger partial charge in [0.05, 0.1) is 23.7 Å². The van der Waals surface area contributed by atoms with Gasteiger partial charge in [-0.3, -0.25) is 9.59 Å². The number of carbonyl (C=O) groups is 3. The predicted octanol–water partition coefficient (Wildman–Crippen LogP) is 5.52. The van der Waals surface area contributed by atoms with E-state index in [9.17, 15) is 24.7 Å². The van der Waals surface area contributed by atoms with Gasteiger partial charge in [-0.15, -0.1) is 11.3 Å². The fraction of sp³-hybridized carbons (Fsp3) is 0.705. The van der Waals surface area contributed by atoms with Crippen molar-refractivity contribution in [2.24, 2.45) is 23.7 Å². The SMILES string of the molecule is CC[C@H]1OC(=O)[C@H](C)C(=O)[C@H](C)[C@@H](O[C@@H]2O[C@H](C)C[C@H](N(C)C)[C@H]2O)[C@@](C)(OC)C[C@@H](C)C2=[N+]([O-])CN(CCCc3cnc(-c4ccccc4)s3)N3C(=O)O[C@@]1(C)[C@H]3[C@H]2C. The Hall–Kier alpha value is -3.51. The van der Waals surface area contributed by atoms with Crippen LogP contribution in [0.5, 0.6) is 0 Å². The molecule has 16 heteroatoms. The van der Waals surface area contributed by atoms with Crippen molar-refractivity contribution in [1.82, 2.24) is 19.9 Å². The number of hydroxylamine groups is 1. The van der Waals surface area contributed by atoms with E-state index in [1.54, 1.807) is 35.2 Å². The number of cyclic esters (lactones) is 1. The Bertz CT molecular complexity index is 1880. The van der Waals surface area contributed by atoms with E-state index in [1.807, 2.05) is 90.1 Å². The van der Waals surface area contributed by atoms with E-state index in [0.29, 0.717) is 31.5 Å². The third-order valence-electron chi connectivity index (χ3n) is 13.4. The van der Waals surface area contributed by atoms with Gasteiger partial charge in [-0.2, -0.15) is 9.75 Å². The molecular formula is C44H65N5O10S. The van der Waals surface area contributed by atoms with E-state index in [1.165, 1.54) is 14.0 Å². The van der Waals surface area contributed by atoms with Gasteiger partial charge >= 0.3 is 12.1 Å². The highest BCUT2D eigenvalue weighted by atomic mass is 32.1. The van der Waals surface area contributed by atoms with Gasteiger partial charge in [-0.1, -0.05) is 58.0 Å². The predicted molar refractivity (Wildman–Crippen MR) is 226 cm³/mol. The lowest BCUT2D eigenvalue weighted by molar-refractivity contribution is -0.494. The molecular weight excluding hydrogens is 791 g/mol. The quantitative estimate of drug-likeness (QED) is 0.138. The molecule has 3 fully saturated rings. The zero-order valence-corrected chi connectivity index (χ0v) is 37.8. The molecule has 6 rings (SSSR count). The molecule has 1 aromatic heterocycles. The second-order valence-corrected chi connectivity index (χ2v) is 19.0. The van der Waals surface area contributed by atoms with Crippen molar-refractivity contribution in [3.05, 3.63) is 46.6 Å². The summed E-state index contributed by atoms with van der Waals surface area (Å²) >= 11 is 1.61. The maximum Gasteiger partial charge on any atom is 0.425 e. The summed E-state index contributed by atoms with van der Waals surface area (Å²) in [5.41, 5.74) is -1.08. The molecule has 2 aromatic rings. The van der Waals surface area contributed by atoms with Crippen LogP contribution in [0.3, 0.4) is 0 Å². The summed E-state index contributed by atoms with van der Waals surface area (Å²) in [7, 11) is 5.29. The number of esters is 1. The van der Waals surface area contributed by atoms with Crippen molar-refractivity contribution in [3.8, 4) is 10.6 Å². The first-order valence-electron chi connectivity index (χ1n) is 21.4. The molecule has 60 heavy (non-hydrogen) atoms. The average Bonchev–Trinajstić information content (AvgIpc) is 3.76. The van der Waals surface area contributed by atoms with E-state index in [2.05, 4.69) is 4.98 Å². The first-order valence-corrected chi connectivity index (χ1v) is 22.2. The van der Waals surface area contributed by atoms with Crippen molar-refractivity contribution in [1.29, 1.82) is 0 Å². The molecule has 3 saturated heterocycles. The van der Waals surface area contributed by atoms with Crippen molar-refractivity contribution in [2.75, 3.05) is 34.4 Å². The van der Waals surface area contributed by atoms with E-state index in [4.69, 9.17) is 23.7 Å². The number of hydrazine groups is 1. The van der Waals surface area contributed by atoms with Crippen LogP contribution in [0.15, 0.2) is 36.5 Å². The van der Waals surface area contributed by atoms with Crippen molar-refractivity contribution < 1.29 is 47.9 Å². The van der Waals surface area contributed by atoms with E-state index in [0.717, 1.165) is 20.2 Å². The largest absolute Gasteiger partial charge is 0.623 e. The molecule has 15 nitrogen and oxygen atoms in total. The molecule has 0 saturated carbocycles. The number of benzene rings is 1. The number of ketones is 1. The van der Waals surface area contributed by atoms with Crippen LogP contribution in [0, 0.1) is 28.9 Å². The van der Waals surface area contributed by atoms with E-state index < -0.39 is 83.4 Å². The van der Waals surface area contributed by atoms with Crippen LogP contribution >= 0.6 is 11.3 Å². The Kier molecular flexibility index (Phi) is 14.1. The number of aliphatic hydroxyl groups excluding tert-OH is 1. The normalized spacial score (nSPS) is 37.2. The summed E-state index contributed by atoms with van der Waals surface area (Å²) in [5.74, 6) is -4.43. The molecule has 332 valence electrons. The molecule has 0 spiro atoms. The Balaban J connectivity index is 1.38. The summed E-state index contributed by atoms with van der Waals surface area (Å²) in [6.07, 6.45) is -0.815. The molecule has 5 heterocycles. The number of ether oxygens (including phenoxy) is 5. The number of hydrogen-bond donors (Lipinski definition) is 1. The van der Waals surface area contributed by atoms with E-state index in [-0.39, 0.29) is 31.7 Å². The van der Waals surface area contributed by atoms with Gasteiger partial charge in [0.2, 0.25) is 6.67 Å². The number of likely N-dealkylation sites (N-methyl/N-ethyl adjacent to an activating group) is 1. The van der Waals surface area contributed by atoms with Crippen LogP contribution in [-0.4, -0.2) is 142 Å². The lowest BCUT2D eigenvalue weighted by Gasteiger charge is -2.47. The monoisotopic (exact) mass is 855 g/mol. The number of thiazole rings is 1. The van der Waals surface area contributed by atoms with Gasteiger partial charge in [-0.05, 0) is 73.9 Å². The second kappa shape index (κ2) is 18.5. The number of rotatable bonds is 10. The summed E-state index contributed by atoms with van der Waals surface area (Å²) in [6.45, 7) is 14.6. The molecule has 1 N–H and O–H groups in total. The van der Waals surface area contributed by atoms with Crippen molar-refractivity contribution in [2.45, 2.75) is 141 Å². The first-order chi connectivity index (χ1) is 28.3. The Labute approximate surface area is 358 Å². The second-order valence-electron chi connectivity index (χ2n) is 17.9. The average molecular weight is 856 g/mol. The van der Waals surface area contributed by atoms with Crippen LogP contribution in [-0.2, 0) is 39.7 Å². The van der Waals surface area contributed by atoms with Crippen LogP contribution in [0.25, 0.3) is 10.6 Å². The number of hydrogen-bond acceptors (Lipinski definition) is 14. The first kappa shape index (κ1) is 46.0. The summed E-state index contributed by atoms with van der Waals surface area (Å²) in [4.78, 5) is 50.3. The van der Waals surface area contributed by atoms with Gasteiger partial charge in [0.15, 0.2) is 23.4 Å². The highest BCUT2D eigenvalue weighted by molar-refractivity contribution is 7.15. The zero-order chi connectivity index (χ0) is 43.8. The van der Waals surface area contributed by atoms with Crippen molar-refractivity contribution in [3.63, 3.8) is 0 Å². The Morgan fingerprint density at radius 2 is 1.78 bits per heavy atom. The molecule has 13 atom stereocenters. The molecule has 2 bridgehead atoms. The third kappa shape index (κ3) is 8.88. The smallest absolute Gasteiger partial charge is 0.425 e. The molecule has 4 aliphatic heterocycles. The summed E-state index contributed by atoms with van der Waals surface area (Å²) in [5, 5.41) is 30.5. The highest BCUT2D eigenvalue weighted by Gasteiger charge is 2.64. The minimum atomic E-state index is -1.39. The van der Waals surface area contributed by atoms with Gasteiger partial charge in [0.25, 0.3) is 0 Å². The lowest BCUT2D eigenvalue weighted by Crippen LogP contribution is -2.61. The fourth-order valence-electron chi connectivity index (χ4n) is 10.2. The number of methoxy groups -OCH3 is 1. The molecule has 0 unspecified atom stereocenters. The zero-order valence-electron chi connectivity index (χ0n) is 37.0. The van der Waals surface area contributed by atoms with E-state index >= 15 is 0 Å². The van der Waals surface area contributed by atoms with Gasteiger partial charge in [-0.25, -0.2) is 14.8 Å². The highest BCUT2D eigenvalue weighted by Crippen LogP contribution is 2.45. The van der Waals surface area contributed by atoms with Gasteiger partial charge in [0, 0.05) is 48.2 Å². The summed E-state index contributed by atoms with van der Waals surface area (Å²) < 4.78 is 32.7. The van der Waals surface area contributed by atoms with Crippen LogP contribution < -0.4 is 0 Å². The molecule has 1 amide bonds. The number of Topliss-reactive ketones (excluding diaryl/α,β-unsaturated/α-hetero) is 1. The van der Waals surface area contributed by atoms with Crippen LogP contribution in [0.2, 0.25) is 0 Å². The number of aliphatic hydroxyl groups is 1. The molecule has 4 aliphatic rings. The Morgan fingerprint density at radius 1 is 1.08 bits per heavy atom. The molecule has 1 aromatic carbocycles. The number of carbonyl (C=O) groups excluding carboxylic acids is 3. The number of amides is 1. The molecule has 0 radical (unpaired) electrons. The number of aromatic nitrogens is 1. The summed E-state index contributed by atoms with van der Waals surface area (Å²) in [6, 6.07) is 8.95. The number of aryl methyl sites for hydroxylation is 1. The van der Waals surface area contributed by atoms with Crippen LogP contribution in [0.1, 0.15) is 86.0 Å². The standard InChI is InChI=1S/C44H65N5O10S/c1-12-33-44(8)37-27(4)34(48(54)24-47(49(37)42(53)59-44)20-16-19-31-23-45-39(60-31)30-17-14-13-15-18-30)25(2)22-43(7,55-11)38(28(5)35(50)29(6)40(52)57-33)58-41-36(51)32(46(9)10)21-26(3)56-41/h13-15,17-18,23,25-29,32-33,36-38,41,51H,12,16,19-22,24H2,1-11H3/t25-,26-,27+,28+,29-,32+,33-,36-,37-,38-,41+,43+,44-/m1/s1. The molecule has 0 aliphatic carbocycles. The maximum absolute atomic E-state index is 14.7. The number of nitrogens with zero attached hydrogens (tertiary/aromatic N) is 5.